The van der Waals surface area contributed by atoms with Crippen LogP contribution in [0, 0.1) is 5.92 Å². The van der Waals surface area contributed by atoms with Crippen molar-refractivity contribution in [3.8, 4) is 0 Å². The second kappa shape index (κ2) is 7.20. The van der Waals surface area contributed by atoms with E-state index < -0.39 is 10.0 Å². The maximum atomic E-state index is 12.3. The monoisotopic (exact) mass is 309 g/mol. The molecule has 0 radical (unpaired) electrons. The summed E-state index contributed by atoms with van der Waals surface area (Å²) in [5, 5.41) is 10.4. The Labute approximate surface area is 127 Å². The standard InChI is InChI=1S/C16H23NO3S/c1-17(16-9-7-15(13-18)8-10-16)21(19,20)12-11-14-5-3-2-4-6-14/h2-6,11-12,15-16,18H,7-10,13H2,1H3/b12-11+. The van der Waals surface area contributed by atoms with Crippen molar-refractivity contribution in [3.63, 3.8) is 0 Å². The van der Waals surface area contributed by atoms with Gasteiger partial charge in [0.05, 0.1) is 0 Å². The number of hydrogen-bond donors (Lipinski definition) is 1. The Kier molecular flexibility index (Phi) is 5.56. The van der Waals surface area contributed by atoms with Gasteiger partial charge in [-0.25, -0.2) is 8.42 Å². The van der Waals surface area contributed by atoms with E-state index in [1.54, 1.807) is 13.1 Å². The molecule has 1 aromatic carbocycles. The fourth-order valence-corrected chi connectivity index (χ4v) is 3.87. The molecule has 4 nitrogen and oxygen atoms in total. The highest BCUT2D eigenvalue weighted by Crippen LogP contribution is 2.28. The van der Waals surface area contributed by atoms with Gasteiger partial charge in [-0.3, -0.25) is 0 Å². The van der Waals surface area contributed by atoms with E-state index >= 15 is 0 Å². The number of benzene rings is 1. The Hall–Kier alpha value is -1.17. The third kappa shape index (κ3) is 4.40. The third-order valence-electron chi connectivity index (χ3n) is 4.22. The van der Waals surface area contributed by atoms with Crippen molar-refractivity contribution in [1.82, 2.24) is 4.31 Å². The average Bonchev–Trinajstić information content (AvgIpc) is 2.53. The van der Waals surface area contributed by atoms with Gasteiger partial charge in [-0.15, -0.1) is 0 Å². The van der Waals surface area contributed by atoms with Crippen LogP contribution in [0.4, 0.5) is 0 Å². The van der Waals surface area contributed by atoms with Crippen molar-refractivity contribution in [2.75, 3.05) is 13.7 Å². The summed E-state index contributed by atoms with van der Waals surface area (Å²) in [7, 11) is -1.74. The quantitative estimate of drug-likeness (QED) is 0.909. The highest BCUT2D eigenvalue weighted by atomic mass is 32.2. The maximum Gasteiger partial charge on any atom is 0.236 e. The largest absolute Gasteiger partial charge is 0.396 e. The maximum absolute atomic E-state index is 12.3. The third-order valence-corrected chi connectivity index (χ3v) is 5.80. The van der Waals surface area contributed by atoms with E-state index in [4.69, 9.17) is 5.11 Å². The van der Waals surface area contributed by atoms with Crippen LogP contribution in [0.1, 0.15) is 31.2 Å². The van der Waals surface area contributed by atoms with Crippen molar-refractivity contribution in [2.45, 2.75) is 31.7 Å². The lowest BCUT2D eigenvalue weighted by Gasteiger charge is -2.32. The molecule has 1 aromatic rings. The summed E-state index contributed by atoms with van der Waals surface area (Å²) in [5.74, 6) is 0.331. The van der Waals surface area contributed by atoms with Gasteiger partial charge in [0.1, 0.15) is 0 Å². The molecule has 1 fully saturated rings. The lowest BCUT2D eigenvalue weighted by atomic mass is 9.87. The van der Waals surface area contributed by atoms with E-state index in [0.717, 1.165) is 31.2 Å². The van der Waals surface area contributed by atoms with Crippen molar-refractivity contribution in [1.29, 1.82) is 0 Å². The van der Waals surface area contributed by atoms with Crippen LogP contribution in [0.25, 0.3) is 6.08 Å². The first-order valence-electron chi connectivity index (χ1n) is 7.35. The van der Waals surface area contributed by atoms with Crippen LogP contribution in [-0.4, -0.2) is 37.5 Å². The Balaban J connectivity index is 2.01. The lowest BCUT2D eigenvalue weighted by molar-refractivity contribution is 0.159. The van der Waals surface area contributed by atoms with E-state index in [1.807, 2.05) is 30.3 Å². The van der Waals surface area contributed by atoms with Gasteiger partial charge in [-0.2, -0.15) is 4.31 Å². The molecule has 0 heterocycles. The molecule has 0 aromatic heterocycles. The first-order chi connectivity index (χ1) is 10.0. The van der Waals surface area contributed by atoms with Gasteiger partial charge in [0, 0.05) is 25.1 Å². The summed E-state index contributed by atoms with van der Waals surface area (Å²) < 4.78 is 26.2. The van der Waals surface area contributed by atoms with Gasteiger partial charge in [0.25, 0.3) is 0 Å². The predicted octanol–water partition coefficient (Wildman–Crippen LogP) is 2.47. The smallest absolute Gasteiger partial charge is 0.236 e. The molecule has 0 unspecified atom stereocenters. The SMILES string of the molecule is CN(C1CCC(CO)CC1)S(=O)(=O)/C=C/c1ccccc1. The van der Waals surface area contributed by atoms with E-state index in [0.29, 0.717) is 5.92 Å². The minimum absolute atomic E-state index is 0.0400. The Morgan fingerprint density at radius 2 is 1.81 bits per heavy atom. The van der Waals surface area contributed by atoms with Crippen LogP contribution >= 0.6 is 0 Å². The fraction of sp³-hybridized carbons (Fsp3) is 0.500. The number of hydrogen-bond acceptors (Lipinski definition) is 3. The number of nitrogens with zero attached hydrogens (tertiary/aromatic N) is 1. The van der Waals surface area contributed by atoms with Gasteiger partial charge in [-0.1, -0.05) is 30.3 Å². The van der Waals surface area contributed by atoms with Crippen LogP contribution in [0.2, 0.25) is 0 Å². The van der Waals surface area contributed by atoms with Gasteiger partial charge < -0.3 is 5.11 Å². The summed E-state index contributed by atoms with van der Waals surface area (Å²) in [6.45, 7) is 0.205. The average molecular weight is 309 g/mol. The molecule has 0 aliphatic heterocycles. The van der Waals surface area contributed by atoms with Gasteiger partial charge >= 0.3 is 0 Å². The molecule has 0 spiro atoms. The zero-order valence-electron chi connectivity index (χ0n) is 12.4. The fourth-order valence-electron chi connectivity index (χ4n) is 2.72. The van der Waals surface area contributed by atoms with Crippen molar-refractivity contribution in [2.24, 2.45) is 5.92 Å². The second-order valence-corrected chi connectivity index (χ2v) is 7.51. The first kappa shape index (κ1) is 16.2. The molecule has 2 rings (SSSR count). The number of aliphatic hydroxyl groups is 1. The molecule has 1 aliphatic rings. The summed E-state index contributed by atoms with van der Waals surface area (Å²) in [6.07, 6.45) is 5.05. The predicted molar refractivity (Wildman–Crippen MR) is 85.0 cm³/mol. The Morgan fingerprint density at radius 3 is 2.38 bits per heavy atom. The minimum atomic E-state index is -3.39. The molecule has 116 valence electrons. The molecule has 0 atom stereocenters. The van der Waals surface area contributed by atoms with Gasteiger partial charge in [-0.05, 0) is 43.2 Å². The van der Waals surface area contributed by atoms with Crippen LogP contribution in [0.15, 0.2) is 35.7 Å². The van der Waals surface area contributed by atoms with E-state index in [9.17, 15) is 8.42 Å². The van der Waals surface area contributed by atoms with Crippen molar-refractivity contribution < 1.29 is 13.5 Å². The highest BCUT2D eigenvalue weighted by Gasteiger charge is 2.28. The molecule has 1 aliphatic carbocycles. The normalized spacial score (nSPS) is 23.8. The van der Waals surface area contributed by atoms with Gasteiger partial charge in [0.2, 0.25) is 10.0 Å². The number of rotatable bonds is 5. The van der Waals surface area contributed by atoms with E-state index in [-0.39, 0.29) is 12.6 Å². The summed E-state index contributed by atoms with van der Waals surface area (Å²) in [4.78, 5) is 0. The molecule has 0 saturated heterocycles. The van der Waals surface area contributed by atoms with Crippen molar-refractivity contribution >= 4 is 16.1 Å². The molecule has 21 heavy (non-hydrogen) atoms. The van der Waals surface area contributed by atoms with E-state index in [2.05, 4.69) is 0 Å². The molecule has 5 heteroatoms. The molecule has 1 N–H and O–H groups in total. The zero-order chi connectivity index (χ0) is 15.3. The summed E-state index contributed by atoms with van der Waals surface area (Å²) >= 11 is 0. The number of sulfonamides is 1. The minimum Gasteiger partial charge on any atom is -0.396 e. The van der Waals surface area contributed by atoms with E-state index in [1.165, 1.54) is 9.71 Å². The second-order valence-electron chi connectivity index (χ2n) is 5.63. The first-order valence-corrected chi connectivity index (χ1v) is 8.85. The van der Waals surface area contributed by atoms with Crippen LogP contribution in [-0.2, 0) is 10.0 Å². The van der Waals surface area contributed by atoms with Crippen LogP contribution in [0.3, 0.4) is 0 Å². The van der Waals surface area contributed by atoms with Gasteiger partial charge in [0.15, 0.2) is 0 Å². The Morgan fingerprint density at radius 1 is 1.19 bits per heavy atom. The van der Waals surface area contributed by atoms with Crippen LogP contribution < -0.4 is 0 Å². The molecule has 0 amide bonds. The number of aliphatic hydroxyl groups excluding tert-OH is 1. The summed E-state index contributed by atoms with van der Waals surface area (Å²) in [5.41, 5.74) is 0.874. The Bertz CT molecular complexity index is 560. The highest BCUT2D eigenvalue weighted by molar-refractivity contribution is 7.92. The zero-order valence-corrected chi connectivity index (χ0v) is 13.2. The lowest BCUT2D eigenvalue weighted by Crippen LogP contribution is -2.38. The molecule has 0 bridgehead atoms. The topological polar surface area (TPSA) is 57.6 Å². The molecular weight excluding hydrogens is 286 g/mol. The molecule has 1 saturated carbocycles. The van der Waals surface area contributed by atoms with Crippen molar-refractivity contribution in [3.05, 3.63) is 41.3 Å². The van der Waals surface area contributed by atoms with Crippen LogP contribution in [0.5, 0.6) is 0 Å². The molecular formula is C16H23NO3S. The summed E-state index contributed by atoms with van der Waals surface area (Å²) in [6, 6.07) is 9.45.